The molecule has 21 heavy (non-hydrogen) atoms. The van der Waals surface area contributed by atoms with Gasteiger partial charge in [-0.3, -0.25) is 9.36 Å². The van der Waals surface area contributed by atoms with Crippen molar-refractivity contribution in [2.75, 3.05) is 6.54 Å². The van der Waals surface area contributed by atoms with Crippen molar-refractivity contribution in [2.24, 2.45) is 0 Å². The van der Waals surface area contributed by atoms with Crippen molar-refractivity contribution in [3.8, 4) is 0 Å². The first-order valence-corrected chi connectivity index (χ1v) is 7.75. The molecule has 0 aliphatic rings. The van der Waals surface area contributed by atoms with Gasteiger partial charge in [0, 0.05) is 13.1 Å². The van der Waals surface area contributed by atoms with Crippen molar-refractivity contribution < 1.29 is 4.42 Å². The Morgan fingerprint density at radius 1 is 1.43 bits per heavy atom. The Balaban J connectivity index is 1.64. The molecular formula is C15H17N3O2S. The topological polar surface area (TPSA) is 60.1 Å². The van der Waals surface area contributed by atoms with Crippen LogP contribution in [0.2, 0.25) is 0 Å². The third kappa shape index (κ3) is 2.91. The number of hydrogen-bond acceptors (Lipinski definition) is 5. The number of nitrogens with zero attached hydrogens (tertiary/aromatic N) is 2. The van der Waals surface area contributed by atoms with E-state index < -0.39 is 0 Å². The van der Waals surface area contributed by atoms with Crippen LogP contribution in [0.15, 0.2) is 39.1 Å². The van der Waals surface area contributed by atoms with E-state index in [4.69, 9.17) is 4.42 Å². The Kier molecular flexibility index (Phi) is 3.90. The molecule has 0 bridgehead atoms. The Bertz CT molecular complexity index is 802. The second-order valence-corrected chi connectivity index (χ2v) is 5.92. The first kappa shape index (κ1) is 14.0. The lowest BCUT2D eigenvalue weighted by molar-refractivity contribution is 0.409. The maximum absolute atomic E-state index is 12.2. The number of furan rings is 1. The van der Waals surface area contributed by atoms with Crippen molar-refractivity contribution in [3.05, 3.63) is 51.8 Å². The van der Waals surface area contributed by atoms with Crippen LogP contribution in [0.1, 0.15) is 24.5 Å². The van der Waals surface area contributed by atoms with Gasteiger partial charge >= 0.3 is 0 Å². The maximum Gasteiger partial charge on any atom is 0.271 e. The molecule has 0 spiro atoms. The molecule has 3 heterocycles. The highest BCUT2D eigenvalue weighted by molar-refractivity contribution is 7.17. The highest BCUT2D eigenvalue weighted by Gasteiger charge is 2.09. The maximum atomic E-state index is 12.2. The smallest absolute Gasteiger partial charge is 0.271 e. The molecule has 0 unspecified atom stereocenters. The van der Waals surface area contributed by atoms with Crippen LogP contribution in [0.3, 0.4) is 0 Å². The molecule has 0 amide bonds. The third-order valence-electron chi connectivity index (χ3n) is 3.43. The van der Waals surface area contributed by atoms with E-state index in [1.807, 2.05) is 37.4 Å². The molecule has 0 aliphatic heterocycles. The summed E-state index contributed by atoms with van der Waals surface area (Å²) in [6.07, 6.45) is 1.61. The molecule has 0 aromatic carbocycles. The predicted octanol–water partition coefficient (Wildman–Crippen LogP) is 2.71. The summed E-state index contributed by atoms with van der Waals surface area (Å²) >= 11 is 1.44. The molecule has 1 N–H and O–H groups in total. The van der Waals surface area contributed by atoms with Gasteiger partial charge in [-0.25, -0.2) is 4.98 Å². The molecule has 6 heteroatoms. The van der Waals surface area contributed by atoms with Crippen LogP contribution >= 0.6 is 11.3 Å². The van der Waals surface area contributed by atoms with Gasteiger partial charge in [-0.1, -0.05) is 0 Å². The van der Waals surface area contributed by atoms with Gasteiger partial charge in [0.05, 0.1) is 17.9 Å². The molecule has 0 saturated heterocycles. The van der Waals surface area contributed by atoms with Gasteiger partial charge in [-0.2, -0.15) is 0 Å². The molecule has 3 rings (SSSR count). The summed E-state index contributed by atoms with van der Waals surface area (Å²) in [5, 5.41) is 5.24. The highest BCUT2D eigenvalue weighted by atomic mass is 32.1. The lowest BCUT2D eigenvalue weighted by Crippen LogP contribution is -2.28. The monoisotopic (exact) mass is 303 g/mol. The SMILES string of the molecule is Cc1ccc([C@@H](C)NCCn2cnc3ccsc3c2=O)o1. The van der Waals surface area contributed by atoms with E-state index in [0.29, 0.717) is 17.8 Å². The molecule has 0 radical (unpaired) electrons. The summed E-state index contributed by atoms with van der Waals surface area (Å²) in [7, 11) is 0. The number of aryl methyl sites for hydroxylation is 1. The van der Waals surface area contributed by atoms with Crippen LogP contribution in [-0.4, -0.2) is 16.1 Å². The van der Waals surface area contributed by atoms with Gasteiger partial charge < -0.3 is 9.73 Å². The summed E-state index contributed by atoms with van der Waals surface area (Å²) in [5.74, 6) is 1.81. The zero-order valence-electron chi connectivity index (χ0n) is 12.0. The van der Waals surface area contributed by atoms with E-state index in [0.717, 1.165) is 17.0 Å². The Morgan fingerprint density at radius 2 is 2.29 bits per heavy atom. The number of fused-ring (bicyclic) bond motifs is 1. The molecule has 0 aliphatic carbocycles. The summed E-state index contributed by atoms with van der Waals surface area (Å²) in [4.78, 5) is 16.5. The fourth-order valence-corrected chi connectivity index (χ4v) is 3.02. The van der Waals surface area contributed by atoms with Gasteiger partial charge in [0.15, 0.2) is 0 Å². The summed E-state index contributed by atoms with van der Waals surface area (Å²) in [6, 6.07) is 5.91. The number of rotatable bonds is 5. The third-order valence-corrected chi connectivity index (χ3v) is 4.32. The lowest BCUT2D eigenvalue weighted by Gasteiger charge is -2.12. The normalized spacial score (nSPS) is 12.9. The standard InChI is InChI=1S/C15H17N3O2S/c1-10-3-4-13(20-10)11(2)16-6-7-18-9-17-12-5-8-21-14(12)15(18)19/h3-5,8-9,11,16H,6-7H2,1-2H3/t11-/m1/s1. The number of hydrogen-bond donors (Lipinski definition) is 1. The fourth-order valence-electron chi connectivity index (χ4n) is 2.23. The van der Waals surface area contributed by atoms with Crippen molar-refractivity contribution in [3.63, 3.8) is 0 Å². The van der Waals surface area contributed by atoms with E-state index in [2.05, 4.69) is 10.3 Å². The Hall–Kier alpha value is -1.92. The predicted molar refractivity (Wildman–Crippen MR) is 83.7 cm³/mol. The highest BCUT2D eigenvalue weighted by Crippen LogP contribution is 2.15. The minimum Gasteiger partial charge on any atom is -0.465 e. The molecule has 0 saturated carbocycles. The number of thiophene rings is 1. The van der Waals surface area contributed by atoms with Crippen LogP contribution in [0.5, 0.6) is 0 Å². The Labute approximate surface area is 126 Å². The molecular weight excluding hydrogens is 286 g/mol. The van der Waals surface area contributed by atoms with Gasteiger partial charge in [0.1, 0.15) is 16.2 Å². The number of nitrogens with one attached hydrogen (secondary N) is 1. The quantitative estimate of drug-likeness (QED) is 0.787. The molecule has 5 nitrogen and oxygen atoms in total. The van der Waals surface area contributed by atoms with Crippen molar-refractivity contribution >= 4 is 21.6 Å². The van der Waals surface area contributed by atoms with Gasteiger partial charge in [0.2, 0.25) is 0 Å². The van der Waals surface area contributed by atoms with Gasteiger partial charge in [-0.05, 0) is 37.4 Å². The van der Waals surface area contributed by atoms with E-state index in [1.165, 1.54) is 11.3 Å². The van der Waals surface area contributed by atoms with Crippen LogP contribution in [0.4, 0.5) is 0 Å². The Morgan fingerprint density at radius 3 is 3.05 bits per heavy atom. The van der Waals surface area contributed by atoms with Crippen molar-refractivity contribution in [1.82, 2.24) is 14.9 Å². The molecule has 3 aromatic rings. The van der Waals surface area contributed by atoms with Crippen molar-refractivity contribution in [2.45, 2.75) is 26.4 Å². The largest absolute Gasteiger partial charge is 0.465 e. The van der Waals surface area contributed by atoms with Crippen LogP contribution in [0.25, 0.3) is 10.2 Å². The van der Waals surface area contributed by atoms with Crippen LogP contribution in [-0.2, 0) is 6.54 Å². The van der Waals surface area contributed by atoms with Crippen molar-refractivity contribution in [1.29, 1.82) is 0 Å². The van der Waals surface area contributed by atoms with Crippen LogP contribution < -0.4 is 10.9 Å². The lowest BCUT2D eigenvalue weighted by atomic mass is 10.2. The summed E-state index contributed by atoms with van der Waals surface area (Å²) < 4.78 is 7.94. The molecule has 3 aromatic heterocycles. The molecule has 0 fully saturated rings. The van der Waals surface area contributed by atoms with Gasteiger partial charge in [-0.15, -0.1) is 11.3 Å². The molecule has 110 valence electrons. The van der Waals surface area contributed by atoms with Gasteiger partial charge in [0.25, 0.3) is 5.56 Å². The van der Waals surface area contributed by atoms with E-state index >= 15 is 0 Å². The average Bonchev–Trinajstić information content (AvgIpc) is 3.10. The zero-order chi connectivity index (χ0) is 14.8. The van der Waals surface area contributed by atoms with E-state index in [-0.39, 0.29) is 11.6 Å². The second-order valence-electron chi connectivity index (χ2n) is 5.00. The fraction of sp³-hybridized carbons (Fsp3) is 0.333. The minimum absolute atomic E-state index is 0.0262. The zero-order valence-corrected chi connectivity index (χ0v) is 12.8. The van der Waals surface area contributed by atoms with E-state index in [1.54, 1.807) is 10.9 Å². The molecule has 1 atom stereocenters. The number of aromatic nitrogens is 2. The van der Waals surface area contributed by atoms with Crippen LogP contribution in [0, 0.1) is 6.92 Å². The first-order valence-electron chi connectivity index (χ1n) is 6.87. The minimum atomic E-state index is 0.0262. The first-order chi connectivity index (χ1) is 10.1. The average molecular weight is 303 g/mol. The van der Waals surface area contributed by atoms with E-state index in [9.17, 15) is 4.79 Å². The second kappa shape index (κ2) is 5.83. The summed E-state index contributed by atoms with van der Waals surface area (Å²) in [6.45, 7) is 5.24. The summed E-state index contributed by atoms with van der Waals surface area (Å²) in [5.41, 5.74) is 0.798.